The van der Waals surface area contributed by atoms with E-state index in [2.05, 4.69) is 0 Å². The summed E-state index contributed by atoms with van der Waals surface area (Å²) in [7, 11) is 0. The lowest BCUT2D eigenvalue weighted by molar-refractivity contribution is -0.0820. The summed E-state index contributed by atoms with van der Waals surface area (Å²) in [6.45, 7) is 11.8. The van der Waals surface area contributed by atoms with Crippen molar-refractivity contribution < 1.29 is 20.4 Å². The van der Waals surface area contributed by atoms with Crippen LogP contribution >= 0.6 is 0 Å². The Bertz CT molecular complexity index is 276. The topological polar surface area (TPSA) is 80.9 Å². The fourth-order valence-electron chi connectivity index (χ4n) is 2.70. The molecule has 0 aliphatic carbocycles. The van der Waals surface area contributed by atoms with E-state index in [9.17, 15) is 15.3 Å². The lowest BCUT2D eigenvalue weighted by Crippen LogP contribution is -2.44. The molecule has 0 amide bonds. The van der Waals surface area contributed by atoms with Crippen LogP contribution < -0.4 is 0 Å². The summed E-state index contributed by atoms with van der Waals surface area (Å²) in [6.07, 6.45) is -0.591. The highest BCUT2D eigenvalue weighted by atomic mass is 16.3. The van der Waals surface area contributed by atoms with Gasteiger partial charge in [-0.1, -0.05) is 41.5 Å². The standard InChI is InChI=1S/C16H34O4/c1-11(9-17)7-16(5,6)14(20)13(19)8-15(3,4)12(2)10-18/h11-14,17-20H,7-10H2,1-6H3. The Labute approximate surface area is 123 Å². The predicted molar refractivity (Wildman–Crippen MR) is 81.3 cm³/mol. The second kappa shape index (κ2) is 7.74. The van der Waals surface area contributed by atoms with Crippen molar-refractivity contribution in [3.05, 3.63) is 0 Å². The van der Waals surface area contributed by atoms with Gasteiger partial charge in [0.15, 0.2) is 0 Å². The number of aliphatic hydroxyl groups is 4. The Balaban J connectivity index is 4.72. The van der Waals surface area contributed by atoms with Crippen LogP contribution in [0.1, 0.15) is 54.4 Å². The third-order valence-corrected chi connectivity index (χ3v) is 4.69. The van der Waals surface area contributed by atoms with Crippen LogP contribution in [0.2, 0.25) is 0 Å². The smallest absolute Gasteiger partial charge is 0.0850 e. The molecule has 0 bridgehead atoms. The van der Waals surface area contributed by atoms with E-state index in [4.69, 9.17) is 5.11 Å². The number of aliphatic hydroxyl groups excluding tert-OH is 4. The molecule has 0 rings (SSSR count). The molecular weight excluding hydrogens is 256 g/mol. The van der Waals surface area contributed by atoms with Crippen LogP contribution in [0.3, 0.4) is 0 Å². The van der Waals surface area contributed by atoms with Gasteiger partial charge in [-0.05, 0) is 35.5 Å². The Hall–Kier alpha value is -0.160. The van der Waals surface area contributed by atoms with Gasteiger partial charge in [-0.2, -0.15) is 0 Å². The van der Waals surface area contributed by atoms with E-state index in [1.165, 1.54) is 0 Å². The second-order valence-corrected chi connectivity index (χ2v) is 7.77. The quantitative estimate of drug-likeness (QED) is 0.522. The average Bonchev–Trinajstić information content (AvgIpc) is 2.35. The molecule has 0 aliphatic rings. The van der Waals surface area contributed by atoms with E-state index < -0.39 is 17.6 Å². The molecule has 0 aromatic carbocycles. The Kier molecular flexibility index (Phi) is 7.67. The average molecular weight is 290 g/mol. The van der Waals surface area contributed by atoms with Gasteiger partial charge in [-0.25, -0.2) is 0 Å². The molecule has 0 spiro atoms. The molecule has 0 fully saturated rings. The Morgan fingerprint density at radius 2 is 1.30 bits per heavy atom. The highest BCUT2D eigenvalue weighted by Gasteiger charge is 2.38. The summed E-state index contributed by atoms with van der Waals surface area (Å²) in [4.78, 5) is 0. The van der Waals surface area contributed by atoms with Crippen LogP contribution in [-0.2, 0) is 0 Å². The molecule has 0 radical (unpaired) electrons. The molecule has 122 valence electrons. The van der Waals surface area contributed by atoms with Crippen molar-refractivity contribution >= 4 is 0 Å². The fraction of sp³-hybridized carbons (Fsp3) is 1.00. The molecule has 20 heavy (non-hydrogen) atoms. The Morgan fingerprint density at radius 3 is 1.70 bits per heavy atom. The molecule has 0 saturated carbocycles. The first-order chi connectivity index (χ1) is 8.97. The summed E-state index contributed by atoms with van der Waals surface area (Å²) in [5.41, 5.74) is -0.700. The maximum atomic E-state index is 10.4. The first kappa shape index (κ1) is 19.8. The molecule has 4 unspecified atom stereocenters. The minimum atomic E-state index is -0.846. The molecule has 0 heterocycles. The number of hydrogen-bond donors (Lipinski definition) is 4. The van der Waals surface area contributed by atoms with Crippen molar-refractivity contribution in [2.24, 2.45) is 22.7 Å². The third-order valence-electron chi connectivity index (χ3n) is 4.69. The van der Waals surface area contributed by atoms with Gasteiger partial charge in [-0.3, -0.25) is 0 Å². The van der Waals surface area contributed by atoms with Crippen LogP contribution in [0.25, 0.3) is 0 Å². The van der Waals surface area contributed by atoms with Crippen LogP contribution in [0.15, 0.2) is 0 Å². The van der Waals surface area contributed by atoms with Gasteiger partial charge in [-0.15, -0.1) is 0 Å². The van der Waals surface area contributed by atoms with Gasteiger partial charge in [0.25, 0.3) is 0 Å². The van der Waals surface area contributed by atoms with Crippen LogP contribution in [0, 0.1) is 22.7 Å². The van der Waals surface area contributed by atoms with Crippen LogP contribution in [0.4, 0.5) is 0 Å². The summed E-state index contributed by atoms with van der Waals surface area (Å²) in [5.74, 6) is 0.153. The van der Waals surface area contributed by atoms with E-state index in [1.54, 1.807) is 0 Å². The zero-order valence-corrected chi connectivity index (χ0v) is 13.9. The van der Waals surface area contributed by atoms with Crippen LogP contribution in [-0.4, -0.2) is 45.8 Å². The molecule has 4 nitrogen and oxygen atoms in total. The van der Waals surface area contributed by atoms with E-state index in [0.29, 0.717) is 12.8 Å². The van der Waals surface area contributed by atoms with Gasteiger partial charge in [0.2, 0.25) is 0 Å². The van der Waals surface area contributed by atoms with E-state index >= 15 is 0 Å². The molecular formula is C16H34O4. The maximum Gasteiger partial charge on any atom is 0.0850 e. The summed E-state index contributed by atoms with van der Waals surface area (Å²) in [6, 6.07) is 0. The summed E-state index contributed by atoms with van der Waals surface area (Å²) >= 11 is 0. The van der Waals surface area contributed by atoms with Gasteiger partial charge < -0.3 is 20.4 Å². The lowest BCUT2D eigenvalue weighted by Gasteiger charge is -2.39. The van der Waals surface area contributed by atoms with Gasteiger partial charge in [0.05, 0.1) is 12.2 Å². The summed E-state index contributed by atoms with van der Waals surface area (Å²) in [5, 5.41) is 39.1. The molecule has 4 atom stereocenters. The largest absolute Gasteiger partial charge is 0.396 e. The van der Waals surface area contributed by atoms with Gasteiger partial charge >= 0.3 is 0 Å². The minimum Gasteiger partial charge on any atom is -0.396 e. The summed E-state index contributed by atoms with van der Waals surface area (Å²) < 4.78 is 0. The zero-order chi connectivity index (χ0) is 16.1. The fourth-order valence-corrected chi connectivity index (χ4v) is 2.70. The molecule has 0 aromatic heterocycles. The van der Waals surface area contributed by atoms with E-state index in [1.807, 2.05) is 41.5 Å². The minimum absolute atomic E-state index is 0.0591. The van der Waals surface area contributed by atoms with E-state index in [0.717, 1.165) is 0 Å². The van der Waals surface area contributed by atoms with Crippen molar-refractivity contribution in [3.63, 3.8) is 0 Å². The van der Waals surface area contributed by atoms with Crippen molar-refractivity contribution in [1.82, 2.24) is 0 Å². The lowest BCUT2D eigenvalue weighted by atomic mass is 9.70. The normalized spacial score (nSPS) is 19.5. The van der Waals surface area contributed by atoms with Gasteiger partial charge in [0.1, 0.15) is 0 Å². The second-order valence-electron chi connectivity index (χ2n) is 7.77. The number of rotatable bonds is 9. The molecule has 0 aliphatic heterocycles. The van der Waals surface area contributed by atoms with E-state index in [-0.39, 0.29) is 30.5 Å². The zero-order valence-electron chi connectivity index (χ0n) is 13.9. The van der Waals surface area contributed by atoms with Crippen molar-refractivity contribution in [2.45, 2.75) is 66.6 Å². The van der Waals surface area contributed by atoms with Gasteiger partial charge in [0, 0.05) is 13.2 Å². The number of hydrogen-bond acceptors (Lipinski definition) is 4. The van der Waals surface area contributed by atoms with Crippen molar-refractivity contribution in [3.8, 4) is 0 Å². The monoisotopic (exact) mass is 290 g/mol. The molecule has 4 N–H and O–H groups in total. The first-order valence-corrected chi connectivity index (χ1v) is 7.55. The first-order valence-electron chi connectivity index (χ1n) is 7.55. The molecule has 4 heteroatoms. The van der Waals surface area contributed by atoms with Crippen LogP contribution in [0.5, 0.6) is 0 Å². The molecule has 0 saturated heterocycles. The highest BCUT2D eigenvalue weighted by Crippen LogP contribution is 2.37. The SMILES string of the molecule is CC(CO)CC(C)(C)C(O)C(O)CC(C)(C)C(C)CO. The van der Waals surface area contributed by atoms with Crippen molar-refractivity contribution in [1.29, 1.82) is 0 Å². The predicted octanol–water partition coefficient (Wildman–Crippen LogP) is 1.80. The maximum absolute atomic E-state index is 10.4. The third kappa shape index (κ3) is 5.68. The Morgan fingerprint density at radius 1 is 0.800 bits per heavy atom. The van der Waals surface area contributed by atoms with Crippen molar-refractivity contribution in [2.75, 3.05) is 13.2 Å². The highest BCUT2D eigenvalue weighted by molar-refractivity contribution is 4.88. The molecule has 0 aromatic rings.